The van der Waals surface area contributed by atoms with Gasteiger partial charge in [0.15, 0.2) is 10.5 Å². The Morgan fingerprint density at radius 2 is 1.74 bits per heavy atom. The van der Waals surface area contributed by atoms with Crippen molar-refractivity contribution in [1.82, 2.24) is 13.9 Å². The van der Waals surface area contributed by atoms with Gasteiger partial charge in [-0.15, -0.1) is 34.9 Å². The van der Waals surface area contributed by atoms with Gasteiger partial charge >= 0.3 is 0 Å². The molecule has 0 amide bonds. The van der Waals surface area contributed by atoms with Crippen LogP contribution in [0.25, 0.3) is 16.9 Å². The number of hydrogen-bond acceptors (Lipinski definition) is 3. The molecule has 5 nitrogen and oxygen atoms in total. The summed E-state index contributed by atoms with van der Waals surface area (Å²) in [5.41, 5.74) is 5.37. The minimum absolute atomic E-state index is 0. The molecule has 2 aromatic heterocycles. The Balaban J connectivity index is 0.00000272. The fourth-order valence-corrected chi connectivity index (χ4v) is 4.38. The van der Waals surface area contributed by atoms with E-state index in [-0.39, 0.29) is 22.5 Å². The van der Waals surface area contributed by atoms with Crippen molar-refractivity contribution in [3.63, 3.8) is 0 Å². The van der Waals surface area contributed by atoms with Crippen molar-refractivity contribution in [2.24, 2.45) is 12.0 Å². The lowest BCUT2D eigenvalue weighted by molar-refractivity contribution is 0.630. The standard InChI is InChI=1S/C24H24N4OS.BrH/c1-5-15-27-21(19-13-11-17(2)12-14-19)16-30-24(27)25-22-18(3)26(4)28(23(22)29)20-9-7-6-8-10-20;/h5-14,16H,1,15H2,2-4H3;1H. The highest BCUT2D eigenvalue weighted by molar-refractivity contribution is 8.93. The second kappa shape index (κ2) is 9.49. The number of aryl methyl sites for hydroxylation is 1. The normalized spacial score (nSPS) is 11.4. The molecule has 4 rings (SSSR count). The highest BCUT2D eigenvalue weighted by Gasteiger charge is 2.16. The van der Waals surface area contributed by atoms with Crippen LogP contribution < -0.4 is 10.4 Å². The Labute approximate surface area is 196 Å². The second-order valence-corrected chi connectivity index (χ2v) is 8.03. The molecule has 0 aliphatic carbocycles. The molecule has 31 heavy (non-hydrogen) atoms. The van der Waals surface area contributed by atoms with Gasteiger partial charge in [-0.3, -0.25) is 9.48 Å². The lowest BCUT2D eigenvalue weighted by atomic mass is 10.1. The Morgan fingerprint density at radius 1 is 1.06 bits per heavy atom. The fraction of sp³-hybridized carbons (Fsp3) is 0.167. The molecule has 0 fully saturated rings. The molecule has 2 heterocycles. The van der Waals surface area contributed by atoms with Gasteiger partial charge in [-0.25, -0.2) is 9.67 Å². The van der Waals surface area contributed by atoms with Gasteiger partial charge in [0.2, 0.25) is 0 Å². The van der Waals surface area contributed by atoms with Crippen molar-refractivity contribution >= 4 is 34.0 Å². The van der Waals surface area contributed by atoms with E-state index in [0.717, 1.165) is 27.4 Å². The topological polar surface area (TPSA) is 44.2 Å². The molecule has 0 radical (unpaired) electrons. The van der Waals surface area contributed by atoms with Crippen LogP contribution in [0, 0.1) is 13.8 Å². The van der Waals surface area contributed by atoms with E-state index in [9.17, 15) is 4.79 Å². The van der Waals surface area contributed by atoms with Crippen molar-refractivity contribution in [3.05, 3.63) is 99.0 Å². The van der Waals surface area contributed by atoms with E-state index >= 15 is 0 Å². The van der Waals surface area contributed by atoms with Gasteiger partial charge < -0.3 is 4.57 Å². The van der Waals surface area contributed by atoms with Gasteiger partial charge in [0.05, 0.1) is 17.1 Å². The van der Waals surface area contributed by atoms with Gasteiger partial charge in [0.1, 0.15) is 0 Å². The Morgan fingerprint density at radius 3 is 2.39 bits per heavy atom. The molecule has 0 unspecified atom stereocenters. The van der Waals surface area contributed by atoms with Crippen molar-refractivity contribution in [3.8, 4) is 16.9 Å². The molecular weight excluding hydrogens is 472 g/mol. The zero-order valence-corrected chi connectivity index (χ0v) is 20.3. The molecule has 0 atom stereocenters. The number of nitrogens with zero attached hydrogens (tertiary/aromatic N) is 4. The molecular formula is C24H25BrN4OS. The summed E-state index contributed by atoms with van der Waals surface area (Å²) in [6, 6.07) is 18.0. The Kier molecular flexibility index (Phi) is 6.97. The fourth-order valence-electron chi connectivity index (χ4n) is 3.46. The molecule has 2 aromatic carbocycles. The summed E-state index contributed by atoms with van der Waals surface area (Å²) in [5, 5.41) is 2.08. The van der Waals surface area contributed by atoms with Crippen LogP contribution in [-0.2, 0) is 13.6 Å². The van der Waals surface area contributed by atoms with Gasteiger partial charge in [-0.05, 0) is 31.5 Å². The summed E-state index contributed by atoms with van der Waals surface area (Å²) in [6.07, 6.45) is 1.85. The van der Waals surface area contributed by atoms with Gasteiger partial charge in [0.25, 0.3) is 5.56 Å². The lowest BCUT2D eigenvalue weighted by Crippen LogP contribution is -2.20. The molecule has 7 heteroatoms. The van der Waals surface area contributed by atoms with E-state index in [0.29, 0.717) is 12.2 Å². The maximum absolute atomic E-state index is 13.2. The minimum atomic E-state index is -0.128. The number of aromatic nitrogens is 3. The Bertz CT molecular complexity index is 1320. The predicted molar refractivity (Wildman–Crippen MR) is 134 cm³/mol. The first kappa shape index (κ1) is 22.8. The molecule has 160 valence electrons. The highest BCUT2D eigenvalue weighted by Crippen LogP contribution is 2.22. The first-order chi connectivity index (χ1) is 14.5. The van der Waals surface area contributed by atoms with Crippen molar-refractivity contribution < 1.29 is 0 Å². The number of hydrogen-bond donors (Lipinski definition) is 0. The average molecular weight is 497 g/mol. The molecule has 0 spiro atoms. The average Bonchev–Trinajstić information content (AvgIpc) is 3.24. The van der Waals surface area contributed by atoms with E-state index in [1.54, 1.807) is 4.68 Å². The summed E-state index contributed by atoms with van der Waals surface area (Å²) < 4.78 is 5.60. The first-order valence-corrected chi connectivity index (χ1v) is 10.6. The maximum atomic E-state index is 13.2. The number of rotatable bonds is 5. The summed E-state index contributed by atoms with van der Waals surface area (Å²) in [4.78, 5) is 18.8. The van der Waals surface area contributed by atoms with E-state index < -0.39 is 0 Å². The summed E-state index contributed by atoms with van der Waals surface area (Å²) in [5.74, 6) is 0. The quantitative estimate of drug-likeness (QED) is 0.344. The van der Waals surface area contributed by atoms with Crippen LogP contribution in [0.15, 0.2) is 82.4 Å². The van der Waals surface area contributed by atoms with E-state index in [1.807, 2.05) is 55.1 Å². The summed E-state index contributed by atoms with van der Waals surface area (Å²) in [6.45, 7) is 8.51. The van der Waals surface area contributed by atoms with Crippen LogP contribution in [-0.4, -0.2) is 13.9 Å². The highest BCUT2D eigenvalue weighted by atomic mass is 79.9. The van der Waals surface area contributed by atoms with Crippen molar-refractivity contribution in [1.29, 1.82) is 0 Å². The van der Waals surface area contributed by atoms with Gasteiger partial charge in [0, 0.05) is 19.0 Å². The van der Waals surface area contributed by atoms with E-state index in [1.165, 1.54) is 16.9 Å². The smallest absolute Gasteiger partial charge is 0.297 e. The Hall–Kier alpha value is -2.90. The molecule has 0 aliphatic rings. The molecule has 0 N–H and O–H groups in total. The predicted octanol–water partition coefficient (Wildman–Crippen LogP) is 5.32. The molecule has 0 saturated heterocycles. The SMILES string of the molecule is Br.C=CCn1c(-c2ccc(C)cc2)csc1=Nc1c(C)n(C)n(-c2ccccc2)c1=O. The minimum Gasteiger partial charge on any atom is -0.313 e. The lowest BCUT2D eigenvalue weighted by Gasteiger charge is -2.07. The number of para-hydroxylation sites is 1. The van der Waals surface area contributed by atoms with Crippen LogP contribution >= 0.6 is 28.3 Å². The van der Waals surface area contributed by atoms with E-state index in [4.69, 9.17) is 4.99 Å². The third-order valence-electron chi connectivity index (χ3n) is 5.19. The number of halogens is 1. The van der Waals surface area contributed by atoms with Crippen LogP contribution in [0.4, 0.5) is 5.69 Å². The first-order valence-electron chi connectivity index (χ1n) is 9.76. The van der Waals surface area contributed by atoms with Crippen LogP contribution in [0.1, 0.15) is 11.3 Å². The maximum Gasteiger partial charge on any atom is 0.297 e. The van der Waals surface area contributed by atoms with Crippen molar-refractivity contribution in [2.45, 2.75) is 20.4 Å². The number of benzene rings is 2. The van der Waals surface area contributed by atoms with Crippen molar-refractivity contribution in [2.75, 3.05) is 0 Å². The largest absolute Gasteiger partial charge is 0.313 e. The molecule has 0 saturated carbocycles. The van der Waals surface area contributed by atoms with Gasteiger partial charge in [-0.2, -0.15) is 0 Å². The zero-order valence-electron chi connectivity index (χ0n) is 17.8. The number of allylic oxidation sites excluding steroid dienone is 1. The van der Waals surface area contributed by atoms with Crippen LogP contribution in [0.5, 0.6) is 0 Å². The monoisotopic (exact) mass is 496 g/mol. The zero-order chi connectivity index (χ0) is 21.3. The molecule has 0 aliphatic heterocycles. The second-order valence-electron chi connectivity index (χ2n) is 7.19. The van der Waals surface area contributed by atoms with E-state index in [2.05, 4.69) is 47.7 Å². The third-order valence-corrected chi connectivity index (χ3v) is 6.05. The van der Waals surface area contributed by atoms with Crippen LogP contribution in [0.2, 0.25) is 0 Å². The third kappa shape index (κ3) is 4.29. The summed E-state index contributed by atoms with van der Waals surface area (Å²) >= 11 is 1.53. The van der Waals surface area contributed by atoms with Crippen LogP contribution in [0.3, 0.4) is 0 Å². The summed E-state index contributed by atoms with van der Waals surface area (Å²) in [7, 11) is 1.88. The number of thiazole rings is 1. The molecule has 0 bridgehead atoms. The van der Waals surface area contributed by atoms with Gasteiger partial charge in [-0.1, -0.05) is 54.1 Å². The molecule has 4 aromatic rings.